The van der Waals surface area contributed by atoms with Crippen molar-refractivity contribution in [2.75, 3.05) is 55.0 Å². The predicted molar refractivity (Wildman–Crippen MR) is 538 cm³/mol. The highest BCUT2D eigenvalue weighted by Crippen LogP contribution is 2.63. The molecule has 0 N–H and O–H groups in total. The number of fused-ring (bicyclic) bond motifs is 5. The molecule has 14 aliphatic rings. The molecule has 13 heteroatoms. The Labute approximate surface area is 792 Å². The van der Waals surface area contributed by atoms with Gasteiger partial charge in [-0.15, -0.1) is 0 Å². The van der Waals surface area contributed by atoms with Crippen molar-refractivity contribution >= 4 is 31.1 Å². The number of ether oxygens (including phenoxy) is 8. The van der Waals surface area contributed by atoms with Gasteiger partial charge in [0.1, 0.15) is 46.0 Å². The van der Waals surface area contributed by atoms with Crippen LogP contribution >= 0.6 is 0 Å². The molecule has 22 rings (SSSR count). The van der Waals surface area contributed by atoms with Gasteiger partial charge in [-0.25, -0.2) is 0 Å². The molecular weight excluding hydrogens is 1630 g/mol. The molecule has 5 aliphatic heterocycles. The third kappa shape index (κ3) is 19.8. The first kappa shape index (κ1) is 94.3. The molecule has 0 spiro atoms. The Morgan fingerprint density at radius 2 is 0.659 bits per heavy atom. The van der Waals surface area contributed by atoms with Gasteiger partial charge in [-0.1, -0.05) is 217 Å². The Hall–Kier alpha value is -9.49. The van der Waals surface area contributed by atoms with Crippen LogP contribution in [-0.4, -0.2) is 139 Å². The van der Waals surface area contributed by atoms with E-state index in [-0.39, 0.29) is 16.2 Å². The molecule has 0 radical (unpaired) electrons. The third-order valence-corrected chi connectivity index (χ3v) is 34.4. The van der Waals surface area contributed by atoms with Crippen LogP contribution in [0.4, 0.5) is 0 Å². The SMILES string of the molecule is CCC(C)(C)c1cc(OC)cc2c1OC[N+](C1CCCCC1C)=C2.COc1cc(C)c2c(c1)C=[N+](C1CCCCC1C)CO2.COc1cc2c(c(C(C)(c3ccccc3)c3ccccc3)c1)OC[N+](C1CCCCC1C)=C2.Cc1ccc(C(C)(C)c2ccccc2)c2c1C=[N+](C1CCCCC1C)CO2.Cc1ccc(C23CC4CC(CC(C4)C2)C3)c2c1C=[N+](C1CCCCC1C)CO2. The van der Waals surface area contributed by atoms with Crippen LogP contribution in [0.5, 0.6) is 46.0 Å². The zero-order chi connectivity index (χ0) is 92.2. The van der Waals surface area contributed by atoms with Crippen LogP contribution in [0.2, 0.25) is 0 Å². The van der Waals surface area contributed by atoms with Gasteiger partial charge in [0.05, 0.1) is 49.1 Å². The molecule has 0 saturated heterocycles. The van der Waals surface area contributed by atoms with E-state index in [9.17, 15) is 0 Å². The average Bonchev–Trinajstić information content (AvgIpc) is 0.722. The van der Waals surface area contributed by atoms with E-state index in [1.165, 1.54) is 223 Å². The molecule has 8 aromatic carbocycles. The van der Waals surface area contributed by atoms with Gasteiger partial charge in [-0.3, -0.25) is 0 Å². The Bertz CT molecular complexity index is 5450. The van der Waals surface area contributed by atoms with E-state index < -0.39 is 0 Å². The lowest BCUT2D eigenvalue weighted by Crippen LogP contribution is -2.49. The molecule has 9 saturated carbocycles. The highest BCUT2D eigenvalue weighted by molar-refractivity contribution is 5.87. The van der Waals surface area contributed by atoms with E-state index in [0.717, 1.165) is 123 Å². The average molecular weight is 1790 g/mol. The summed E-state index contributed by atoms with van der Waals surface area (Å²) in [5, 5.41) is 0. The number of benzene rings is 8. The van der Waals surface area contributed by atoms with Crippen molar-refractivity contribution in [3.63, 3.8) is 0 Å². The minimum atomic E-state index is -0.380. The largest absolute Gasteiger partial charge is 0.497 e. The van der Waals surface area contributed by atoms with Crippen molar-refractivity contribution in [2.45, 2.75) is 322 Å². The van der Waals surface area contributed by atoms with Crippen molar-refractivity contribution in [1.29, 1.82) is 0 Å². The molecule has 5 heterocycles. The number of hydrogen-bond acceptors (Lipinski definition) is 8. The van der Waals surface area contributed by atoms with Crippen molar-refractivity contribution in [2.24, 2.45) is 47.3 Å². The second-order valence-electron chi connectivity index (χ2n) is 43.9. The van der Waals surface area contributed by atoms with Crippen LogP contribution in [0.25, 0.3) is 0 Å². The lowest BCUT2D eigenvalue weighted by atomic mass is 9.48. The Balaban J connectivity index is 0.000000116. The van der Waals surface area contributed by atoms with E-state index in [1.807, 2.05) is 6.07 Å². The Morgan fingerprint density at radius 1 is 0.333 bits per heavy atom. The first-order valence-corrected chi connectivity index (χ1v) is 51.6. The number of nitrogens with zero attached hydrogens (tertiary/aromatic N) is 5. The van der Waals surface area contributed by atoms with Gasteiger partial charge in [0.2, 0.25) is 0 Å². The Kier molecular flexibility index (Phi) is 29.3. The fourth-order valence-electron chi connectivity index (χ4n) is 26.3. The van der Waals surface area contributed by atoms with Crippen molar-refractivity contribution in [1.82, 2.24) is 0 Å². The summed E-state index contributed by atoms with van der Waals surface area (Å²) < 4.78 is 60.9. The zero-order valence-electron chi connectivity index (χ0n) is 83.5. The third-order valence-electron chi connectivity index (χ3n) is 34.4. The van der Waals surface area contributed by atoms with Gasteiger partial charge in [-0.2, -0.15) is 22.9 Å². The van der Waals surface area contributed by atoms with E-state index in [0.29, 0.717) is 68.5 Å². The summed E-state index contributed by atoms with van der Waals surface area (Å²) >= 11 is 0. The molecule has 132 heavy (non-hydrogen) atoms. The minimum Gasteiger partial charge on any atom is -0.497 e. The molecule has 10 unspecified atom stereocenters. The molecule has 8 aromatic rings. The van der Waals surface area contributed by atoms with Crippen LogP contribution in [0.3, 0.4) is 0 Å². The summed E-state index contributed by atoms with van der Waals surface area (Å²) in [5.74, 6) is 14.7. The fourth-order valence-corrected chi connectivity index (χ4v) is 26.3. The first-order valence-electron chi connectivity index (χ1n) is 51.6. The topological polar surface area (TPSA) is 88.9 Å². The molecule has 4 bridgehead atoms. The van der Waals surface area contributed by atoms with Gasteiger partial charge in [-0.05, 0) is 235 Å². The van der Waals surface area contributed by atoms with Crippen LogP contribution in [0.15, 0.2) is 152 Å². The summed E-state index contributed by atoms with van der Waals surface area (Å²) in [6.45, 7) is 35.6. The quantitative estimate of drug-likeness (QED) is 0.0698. The smallest absolute Gasteiger partial charge is 0.287 e. The molecule has 0 amide bonds. The molecule has 10 atom stereocenters. The highest BCUT2D eigenvalue weighted by atomic mass is 16.5. The zero-order valence-corrected chi connectivity index (χ0v) is 83.5. The molecule has 0 aromatic heterocycles. The van der Waals surface area contributed by atoms with Gasteiger partial charge in [0.25, 0.3) is 33.7 Å². The first-order chi connectivity index (χ1) is 63.8. The van der Waals surface area contributed by atoms with Crippen LogP contribution in [0, 0.1) is 68.1 Å². The molecule has 702 valence electrons. The van der Waals surface area contributed by atoms with E-state index in [2.05, 4.69) is 296 Å². The number of hydrogen-bond donors (Lipinski definition) is 0. The molecular formula is C119H158N5O8+5. The summed E-state index contributed by atoms with van der Waals surface area (Å²) in [6, 6.07) is 57.2. The predicted octanol–water partition coefficient (Wildman–Crippen LogP) is 26.0. The van der Waals surface area contributed by atoms with Gasteiger partial charge >= 0.3 is 0 Å². The molecule has 13 nitrogen and oxygen atoms in total. The lowest BCUT2D eigenvalue weighted by molar-refractivity contribution is -0.601. The van der Waals surface area contributed by atoms with Crippen LogP contribution < -0.4 is 37.9 Å². The monoisotopic (exact) mass is 1790 g/mol. The molecule has 9 aliphatic carbocycles. The standard InChI is InChI=1S/C30H34NO2.C26H36NO.C25H32NO.C21H32NO2.C17H24NO2/c1-22-12-10-11-17-28(22)31-20-23-18-26(32-3)19-27(29(23)33-21-31)30(2,24-13-6-4-7-14-24)25-15-8-5-9-16-25;1-17-7-8-23(26-12-19-9-20(13-26)11-21(10-19)14-26)25-22(17)15-27(16-28-25)24-6-4-3-5-18(24)2;1-18-14-15-22(25(3,4)20-11-6-5-7-12-20)24-21(18)16-26(17-27-24)23-13-9-8-10-19(23)2;1-6-21(3,4)18-12-17(23-5)11-16-13-22(14-24-20(16)18)19-10-8-7-9-15(19)2;1-12-6-4-5-7-16(12)18-10-14-9-15(19-3)8-13(2)17(14)20-11-18/h4-9,13-16,18-20,22,28H,10-12,17,21H2,1-3H3;7-8,15,18-21,24H,3-6,9-14,16H2,1-2H3;5-7,11-12,14-16,19,23H,8-10,13,17H2,1-4H3;11-13,15,19H,6-10,14H2,1-5H3;8-10,12,16H,4-7,11H2,1-3H3/q5*+1. The number of aryl methyl sites for hydroxylation is 3. The minimum absolute atomic E-state index is 0.0762. The van der Waals surface area contributed by atoms with E-state index >= 15 is 0 Å². The van der Waals surface area contributed by atoms with Crippen molar-refractivity contribution in [3.05, 3.63) is 235 Å². The summed E-state index contributed by atoms with van der Waals surface area (Å²) in [4.78, 5) is 0. The number of rotatable bonds is 16. The van der Waals surface area contributed by atoms with Gasteiger partial charge < -0.3 is 37.9 Å². The second kappa shape index (κ2) is 41.0. The van der Waals surface area contributed by atoms with E-state index in [1.54, 1.807) is 26.9 Å². The number of methoxy groups -OCH3 is 3. The fraction of sp³-hybridized carbons (Fsp3) is 0.555. The maximum Gasteiger partial charge on any atom is 0.287 e. The molecule has 9 fully saturated rings. The second-order valence-corrected chi connectivity index (χ2v) is 43.9. The van der Waals surface area contributed by atoms with Gasteiger partial charge in [0, 0.05) is 94.8 Å². The highest BCUT2D eigenvalue weighted by Gasteiger charge is 2.54. The summed E-state index contributed by atoms with van der Waals surface area (Å²) in [7, 11) is 5.21. The normalized spacial score (nSPS) is 26.7. The maximum absolute atomic E-state index is 6.63. The van der Waals surface area contributed by atoms with Crippen LogP contribution in [-0.2, 0) is 21.7 Å². The summed E-state index contributed by atoms with van der Waals surface area (Å²) in [5.41, 5.74) is 18.9. The maximum atomic E-state index is 6.63. The lowest BCUT2D eigenvalue weighted by Gasteiger charge is -2.57. The van der Waals surface area contributed by atoms with Crippen molar-refractivity contribution in [3.8, 4) is 46.0 Å². The van der Waals surface area contributed by atoms with Crippen LogP contribution in [0.1, 0.15) is 333 Å². The van der Waals surface area contributed by atoms with Gasteiger partial charge in [0.15, 0.2) is 61.3 Å². The van der Waals surface area contributed by atoms with E-state index in [4.69, 9.17) is 37.9 Å². The summed E-state index contributed by atoms with van der Waals surface area (Å²) in [6.07, 6.45) is 48.2. The Morgan fingerprint density at radius 3 is 1.05 bits per heavy atom. The van der Waals surface area contributed by atoms with Crippen molar-refractivity contribution < 1.29 is 60.8 Å².